The minimum Gasteiger partial charge on any atom is -0.343 e. The van der Waals surface area contributed by atoms with Gasteiger partial charge in [-0.3, -0.25) is 9.78 Å². The maximum absolute atomic E-state index is 13.7. The molecule has 0 bridgehead atoms. The van der Waals surface area contributed by atoms with Gasteiger partial charge >= 0.3 is 0 Å². The Morgan fingerprint density at radius 3 is 2.50 bits per heavy atom. The number of rotatable bonds is 4. The molecule has 2 aromatic heterocycles. The Balaban J connectivity index is 0.00000256. The molecule has 5 nitrogen and oxygen atoms in total. The highest BCUT2D eigenvalue weighted by Gasteiger charge is 2.20. The van der Waals surface area contributed by atoms with Crippen LogP contribution in [0.3, 0.4) is 0 Å². The molecule has 0 unspecified atom stereocenters. The number of anilines is 2. The highest BCUT2D eigenvalue weighted by atomic mass is 35.5. The van der Waals surface area contributed by atoms with Crippen molar-refractivity contribution < 1.29 is 13.6 Å². The van der Waals surface area contributed by atoms with E-state index in [0.29, 0.717) is 5.69 Å². The molecule has 4 rings (SSSR count). The lowest BCUT2D eigenvalue weighted by atomic mass is 9.95. The van der Waals surface area contributed by atoms with Crippen LogP contribution in [0.4, 0.5) is 19.6 Å². The molecule has 0 spiro atoms. The zero-order valence-corrected chi connectivity index (χ0v) is 17.7. The van der Waals surface area contributed by atoms with Crippen LogP contribution in [0.25, 0.3) is 5.57 Å². The van der Waals surface area contributed by atoms with Crippen molar-refractivity contribution in [1.29, 1.82) is 0 Å². The van der Waals surface area contributed by atoms with Crippen molar-refractivity contribution in [2.75, 3.05) is 23.3 Å². The van der Waals surface area contributed by atoms with Crippen molar-refractivity contribution in [1.82, 2.24) is 9.97 Å². The zero-order chi connectivity index (χ0) is 20.4. The summed E-state index contributed by atoms with van der Waals surface area (Å²) in [6, 6.07) is 7.26. The van der Waals surface area contributed by atoms with Gasteiger partial charge < -0.3 is 10.2 Å². The third-order valence-corrected chi connectivity index (χ3v) is 5.71. The van der Waals surface area contributed by atoms with E-state index in [1.807, 2.05) is 17.5 Å². The first-order valence-electron chi connectivity index (χ1n) is 9.07. The molecule has 1 aliphatic heterocycles. The van der Waals surface area contributed by atoms with Crippen molar-refractivity contribution in [3.05, 3.63) is 76.6 Å². The second-order valence-corrected chi connectivity index (χ2v) is 7.63. The van der Waals surface area contributed by atoms with E-state index in [9.17, 15) is 13.6 Å². The first-order chi connectivity index (χ1) is 14.0. The number of pyridine rings is 1. The van der Waals surface area contributed by atoms with Gasteiger partial charge in [-0.1, -0.05) is 17.7 Å². The summed E-state index contributed by atoms with van der Waals surface area (Å²) in [6.07, 6.45) is 4.38. The summed E-state index contributed by atoms with van der Waals surface area (Å²) in [6.45, 7) is 3.82. The average molecular weight is 449 g/mol. The van der Waals surface area contributed by atoms with Gasteiger partial charge in [0.15, 0.2) is 16.8 Å². The number of benzene rings is 1. The molecule has 0 saturated carbocycles. The molecule has 30 heavy (non-hydrogen) atoms. The monoisotopic (exact) mass is 448 g/mol. The Morgan fingerprint density at radius 1 is 1.17 bits per heavy atom. The van der Waals surface area contributed by atoms with Crippen LogP contribution in [0, 0.1) is 11.6 Å². The fourth-order valence-corrected chi connectivity index (χ4v) is 3.98. The van der Waals surface area contributed by atoms with Gasteiger partial charge in [0.2, 0.25) is 0 Å². The second-order valence-electron chi connectivity index (χ2n) is 6.75. The van der Waals surface area contributed by atoms with Crippen LogP contribution in [0.5, 0.6) is 0 Å². The quantitative estimate of drug-likeness (QED) is 0.598. The number of carbonyl (C=O) groups excluding carboxylic acids is 1. The second kappa shape index (κ2) is 9.32. The van der Waals surface area contributed by atoms with E-state index in [1.165, 1.54) is 11.1 Å². The first kappa shape index (κ1) is 21.9. The largest absolute Gasteiger partial charge is 0.343 e. The Bertz CT molecular complexity index is 1050. The van der Waals surface area contributed by atoms with Crippen LogP contribution >= 0.6 is 23.7 Å². The molecular weight excluding hydrogens is 430 g/mol. The first-order valence-corrected chi connectivity index (χ1v) is 9.94. The maximum atomic E-state index is 13.7. The summed E-state index contributed by atoms with van der Waals surface area (Å²) < 4.78 is 27.5. The highest BCUT2D eigenvalue weighted by molar-refractivity contribution is 7.13. The molecule has 0 atom stereocenters. The lowest BCUT2D eigenvalue weighted by Crippen LogP contribution is -2.30. The predicted molar refractivity (Wildman–Crippen MR) is 117 cm³/mol. The van der Waals surface area contributed by atoms with Gasteiger partial charge in [0.05, 0.1) is 12.4 Å². The standard InChI is InChI=1S/C21H18F2N4OS.ClH/c1-13-6-8-27(21-25-7-9-29-21)12-16(13)14-2-4-15(5-3-14)26-20(28)19-17(22)10-24-11-18(19)23;/h2-5,7,9-11H,6,8,12H2,1H3,(H,26,28);1H. The van der Waals surface area contributed by atoms with Crippen LogP contribution in [0.1, 0.15) is 29.3 Å². The lowest BCUT2D eigenvalue weighted by molar-refractivity contribution is 0.101. The lowest BCUT2D eigenvalue weighted by Gasteiger charge is -2.30. The van der Waals surface area contributed by atoms with Gasteiger partial charge in [0.1, 0.15) is 5.56 Å². The third kappa shape index (κ3) is 4.49. The van der Waals surface area contributed by atoms with E-state index in [0.717, 1.165) is 42.6 Å². The van der Waals surface area contributed by atoms with Crippen LogP contribution in [-0.4, -0.2) is 29.0 Å². The predicted octanol–water partition coefficient (Wildman–Crippen LogP) is 5.17. The number of halogens is 3. The number of thiazole rings is 1. The Kier molecular flexibility index (Phi) is 6.79. The van der Waals surface area contributed by atoms with Crippen molar-refractivity contribution in [3.63, 3.8) is 0 Å². The number of amides is 1. The normalized spacial score (nSPS) is 13.8. The van der Waals surface area contributed by atoms with Crippen molar-refractivity contribution in [3.8, 4) is 0 Å². The zero-order valence-electron chi connectivity index (χ0n) is 16.1. The summed E-state index contributed by atoms with van der Waals surface area (Å²) in [7, 11) is 0. The molecule has 1 N–H and O–H groups in total. The minimum absolute atomic E-state index is 0. The molecule has 0 radical (unpaired) electrons. The molecule has 3 heterocycles. The van der Waals surface area contributed by atoms with Crippen LogP contribution in [0.15, 0.2) is 53.8 Å². The van der Waals surface area contributed by atoms with Gasteiger partial charge in [-0.15, -0.1) is 23.7 Å². The summed E-state index contributed by atoms with van der Waals surface area (Å²) in [4.78, 5) is 22.3. The molecule has 1 amide bonds. The van der Waals surface area contributed by atoms with Crippen LogP contribution < -0.4 is 10.2 Å². The topological polar surface area (TPSA) is 58.1 Å². The number of carbonyl (C=O) groups is 1. The number of nitrogens with one attached hydrogen (secondary N) is 1. The van der Waals surface area contributed by atoms with E-state index in [1.54, 1.807) is 29.7 Å². The number of nitrogens with zero attached hydrogens (tertiary/aromatic N) is 3. The summed E-state index contributed by atoms with van der Waals surface area (Å²) in [5.41, 5.74) is 3.39. The molecule has 1 aliphatic rings. The Hall–Kier alpha value is -2.84. The van der Waals surface area contributed by atoms with E-state index in [-0.39, 0.29) is 12.4 Å². The molecule has 3 aromatic rings. The van der Waals surface area contributed by atoms with Gasteiger partial charge in [-0.2, -0.15) is 0 Å². The molecule has 0 aliphatic carbocycles. The SMILES string of the molecule is CC1=C(c2ccc(NC(=O)c3c(F)cncc3F)cc2)CN(c2nccs2)CC1.Cl. The van der Waals surface area contributed by atoms with Crippen molar-refractivity contribution in [2.45, 2.75) is 13.3 Å². The number of hydrogen-bond donors (Lipinski definition) is 1. The third-order valence-electron chi connectivity index (χ3n) is 4.88. The summed E-state index contributed by atoms with van der Waals surface area (Å²) in [5, 5.41) is 5.50. The fraction of sp³-hybridized carbons (Fsp3) is 0.190. The Labute approximate surface area is 182 Å². The Morgan fingerprint density at radius 2 is 1.87 bits per heavy atom. The average Bonchev–Trinajstić information content (AvgIpc) is 3.24. The molecule has 0 fully saturated rings. The van der Waals surface area contributed by atoms with E-state index in [4.69, 9.17) is 0 Å². The minimum atomic E-state index is -0.996. The summed E-state index contributed by atoms with van der Waals surface area (Å²) >= 11 is 1.62. The van der Waals surface area contributed by atoms with E-state index >= 15 is 0 Å². The maximum Gasteiger partial charge on any atom is 0.261 e. The molecule has 156 valence electrons. The molecule has 9 heteroatoms. The number of aromatic nitrogens is 2. The van der Waals surface area contributed by atoms with Crippen molar-refractivity contribution in [2.24, 2.45) is 0 Å². The molecule has 1 aromatic carbocycles. The smallest absolute Gasteiger partial charge is 0.261 e. The van der Waals surface area contributed by atoms with E-state index < -0.39 is 23.1 Å². The van der Waals surface area contributed by atoms with Gasteiger partial charge in [0.25, 0.3) is 5.91 Å². The molecular formula is C21H19ClF2N4OS. The van der Waals surface area contributed by atoms with Gasteiger partial charge in [0, 0.05) is 30.4 Å². The molecule has 0 saturated heterocycles. The van der Waals surface area contributed by atoms with Crippen LogP contribution in [0.2, 0.25) is 0 Å². The number of hydrogen-bond acceptors (Lipinski definition) is 5. The van der Waals surface area contributed by atoms with Gasteiger partial charge in [-0.25, -0.2) is 13.8 Å². The van der Waals surface area contributed by atoms with Crippen molar-refractivity contribution >= 4 is 46.0 Å². The van der Waals surface area contributed by atoms with Crippen LogP contribution in [-0.2, 0) is 0 Å². The van der Waals surface area contributed by atoms with Gasteiger partial charge in [-0.05, 0) is 36.6 Å². The van der Waals surface area contributed by atoms with E-state index in [2.05, 4.69) is 27.1 Å². The summed E-state index contributed by atoms with van der Waals surface area (Å²) in [5.74, 6) is -2.84. The fourth-order valence-electron chi connectivity index (χ4n) is 3.31. The highest BCUT2D eigenvalue weighted by Crippen LogP contribution is 2.31.